The number of nitrogens with one attached hydrogen (secondary N) is 1. The van der Waals surface area contributed by atoms with E-state index in [9.17, 15) is 4.79 Å². The van der Waals surface area contributed by atoms with Crippen LogP contribution in [0.3, 0.4) is 0 Å². The molecule has 15 heavy (non-hydrogen) atoms. The first-order valence-electron chi connectivity index (χ1n) is 4.72. The lowest BCUT2D eigenvalue weighted by molar-refractivity contribution is 0.199. The van der Waals surface area contributed by atoms with Crippen molar-refractivity contribution in [3.8, 4) is 0 Å². The van der Waals surface area contributed by atoms with Gasteiger partial charge in [-0.25, -0.2) is 14.8 Å². The molecule has 1 aliphatic heterocycles. The summed E-state index contributed by atoms with van der Waals surface area (Å²) in [5.74, 6) is 0. The number of carbonyl (C=O) groups is 1. The van der Waals surface area contributed by atoms with Gasteiger partial charge in [0.05, 0.1) is 18.8 Å². The Hall–Kier alpha value is -1.91. The average molecular weight is 204 g/mol. The fourth-order valence-corrected chi connectivity index (χ4v) is 1.52. The van der Waals surface area contributed by atoms with E-state index in [0.29, 0.717) is 19.6 Å². The molecule has 0 spiro atoms. The van der Waals surface area contributed by atoms with Gasteiger partial charge in [-0.1, -0.05) is 6.08 Å². The van der Waals surface area contributed by atoms with Crippen LogP contribution in [-0.2, 0) is 13.1 Å². The SMILES string of the molecule is C=CCNC(=O)N1Cc2cncnc2C1. The van der Waals surface area contributed by atoms with Crippen molar-refractivity contribution in [2.45, 2.75) is 13.1 Å². The maximum atomic E-state index is 11.6. The summed E-state index contributed by atoms with van der Waals surface area (Å²) in [6.45, 7) is 5.17. The van der Waals surface area contributed by atoms with Crippen molar-refractivity contribution >= 4 is 6.03 Å². The van der Waals surface area contributed by atoms with E-state index >= 15 is 0 Å². The van der Waals surface area contributed by atoms with Gasteiger partial charge in [0.15, 0.2) is 0 Å². The number of aromatic nitrogens is 2. The van der Waals surface area contributed by atoms with Gasteiger partial charge < -0.3 is 10.2 Å². The van der Waals surface area contributed by atoms with Gasteiger partial charge in [0.25, 0.3) is 0 Å². The Morgan fingerprint density at radius 1 is 1.67 bits per heavy atom. The molecule has 5 nitrogen and oxygen atoms in total. The van der Waals surface area contributed by atoms with Gasteiger partial charge in [-0.05, 0) is 0 Å². The fourth-order valence-electron chi connectivity index (χ4n) is 1.52. The first kappa shape index (κ1) is 9.64. The van der Waals surface area contributed by atoms with E-state index in [-0.39, 0.29) is 6.03 Å². The molecule has 0 aliphatic carbocycles. The third-order valence-electron chi connectivity index (χ3n) is 2.27. The highest BCUT2D eigenvalue weighted by Crippen LogP contribution is 2.18. The van der Waals surface area contributed by atoms with Gasteiger partial charge in [-0.3, -0.25) is 0 Å². The number of rotatable bonds is 2. The van der Waals surface area contributed by atoms with Crippen LogP contribution in [0.15, 0.2) is 25.2 Å². The lowest BCUT2D eigenvalue weighted by Gasteiger charge is -2.14. The van der Waals surface area contributed by atoms with Crippen LogP contribution in [0.1, 0.15) is 11.3 Å². The zero-order chi connectivity index (χ0) is 10.7. The maximum absolute atomic E-state index is 11.6. The van der Waals surface area contributed by atoms with Gasteiger partial charge in [0.2, 0.25) is 0 Å². The van der Waals surface area contributed by atoms with E-state index in [1.165, 1.54) is 6.33 Å². The molecule has 1 aromatic rings. The molecule has 0 aromatic carbocycles. The smallest absolute Gasteiger partial charge is 0.318 e. The molecule has 0 atom stereocenters. The fraction of sp³-hybridized carbons (Fsp3) is 0.300. The van der Waals surface area contributed by atoms with Crippen LogP contribution in [0.25, 0.3) is 0 Å². The Balaban J connectivity index is 2.00. The number of carbonyl (C=O) groups excluding carboxylic acids is 1. The molecule has 0 saturated heterocycles. The van der Waals surface area contributed by atoms with E-state index < -0.39 is 0 Å². The van der Waals surface area contributed by atoms with Gasteiger partial charge in [-0.15, -0.1) is 6.58 Å². The molecule has 0 fully saturated rings. The third kappa shape index (κ3) is 1.96. The van der Waals surface area contributed by atoms with Gasteiger partial charge in [0, 0.05) is 18.3 Å². The highest BCUT2D eigenvalue weighted by atomic mass is 16.2. The lowest BCUT2D eigenvalue weighted by atomic mass is 10.3. The standard InChI is InChI=1S/C10H12N4O/c1-2-3-12-10(15)14-5-8-4-11-7-13-9(8)6-14/h2,4,7H,1,3,5-6H2,(H,12,15). The van der Waals surface area contributed by atoms with E-state index in [2.05, 4.69) is 21.9 Å². The van der Waals surface area contributed by atoms with Crippen molar-refractivity contribution in [1.82, 2.24) is 20.2 Å². The summed E-state index contributed by atoms with van der Waals surface area (Å²) in [4.78, 5) is 21.3. The number of hydrogen-bond donors (Lipinski definition) is 1. The lowest BCUT2D eigenvalue weighted by Crippen LogP contribution is -2.36. The van der Waals surface area contributed by atoms with Crippen LogP contribution >= 0.6 is 0 Å². The van der Waals surface area contributed by atoms with Crippen molar-refractivity contribution < 1.29 is 4.79 Å². The second kappa shape index (κ2) is 4.08. The predicted octanol–water partition coefficient (Wildman–Crippen LogP) is 0.688. The highest BCUT2D eigenvalue weighted by molar-refractivity contribution is 5.74. The molecule has 5 heteroatoms. The second-order valence-corrected chi connectivity index (χ2v) is 3.33. The zero-order valence-electron chi connectivity index (χ0n) is 8.31. The van der Waals surface area contributed by atoms with Crippen molar-refractivity contribution in [1.29, 1.82) is 0 Å². The van der Waals surface area contributed by atoms with Crippen LogP contribution < -0.4 is 5.32 Å². The summed E-state index contributed by atoms with van der Waals surface area (Å²) in [6.07, 6.45) is 4.91. The molecular weight excluding hydrogens is 192 g/mol. The molecule has 1 aromatic heterocycles. The molecule has 2 amide bonds. The predicted molar refractivity (Wildman–Crippen MR) is 54.9 cm³/mol. The number of urea groups is 1. The summed E-state index contributed by atoms with van der Waals surface area (Å²) in [6, 6.07) is -0.0899. The van der Waals surface area contributed by atoms with Crippen LogP contribution in [0.4, 0.5) is 4.79 Å². The average Bonchev–Trinajstić information content (AvgIpc) is 2.69. The maximum Gasteiger partial charge on any atom is 0.318 e. The zero-order valence-corrected chi connectivity index (χ0v) is 8.31. The Labute approximate surface area is 87.8 Å². The molecule has 2 rings (SSSR count). The molecule has 78 valence electrons. The normalized spacial score (nSPS) is 13.5. The summed E-state index contributed by atoms with van der Waals surface area (Å²) in [5.41, 5.74) is 1.95. The number of nitrogens with zero attached hydrogens (tertiary/aromatic N) is 3. The molecule has 0 bridgehead atoms. The highest BCUT2D eigenvalue weighted by Gasteiger charge is 2.23. The second-order valence-electron chi connectivity index (χ2n) is 3.33. The summed E-state index contributed by atoms with van der Waals surface area (Å²) in [7, 11) is 0. The van der Waals surface area contributed by atoms with Crippen molar-refractivity contribution in [2.24, 2.45) is 0 Å². The van der Waals surface area contributed by atoms with Crippen LogP contribution in [0.2, 0.25) is 0 Å². The minimum absolute atomic E-state index is 0.0899. The molecule has 0 radical (unpaired) electrons. The topological polar surface area (TPSA) is 58.1 Å². The first-order valence-corrected chi connectivity index (χ1v) is 4.72. The first-order chi connectivity index (χ1) is 7.31. The Morgan fingerprint density at radius 2 is 2.53 bits per heavy atom. The molecule has 1 N–H and O–H groups in total. The quantitative estimate of drug-likeness (QED) is 0.721. The van der Waals surface area contributed by atoms with Crippen LogP contribution in [0.5, 0.6) is 0 Å². The number of hydrogen-bond acceptors (Lipinski definition) is 3. The van der Waals surface area contributed by atoms with Gasteiger partial charge in [0.1, 0.15) is 6.33 Å². The van der Waals surface area contributed by atoms with Gasteiger partial charge in [-0.2, -0.15) is 0 Å². The Kier molecular flexibility index (Phi) is 2.62. The molecule has 0 saturated carbocycles. The van der Waals surface area contributed by atoms with Crippen molar-refractivity contribution in [3.63, 3.8) is 0 Å². The Morgan fingerprint density at radius 3 is 3.27 bits per heavy atom. The Bertz CT molecular complexity index is 366. The molecule has 1 aliphatic rings. The van der Waals surface area contributed by atoms with Crippen molar-refractivity contribution in [2.75, 3.05) is 6.54 Å². The van der Waals surface area contributed by atoms with E-state index in [0.717, 1.165) is 11.3 Å². The minimum atomic E-state index is -0.0899. The molecular formula is C10H12N4O. The molecule has 0 unspecified atom stereocenters. The largest absolute Gasteiger partial charge is 0.335 e. The monoisotopic (exact) mass is 204 g/mol. The van der Waals surface area contributed by atoms with Crippen LogP contribution in [-0.4, -0.2) is 27.4 Å². The van der Waals surface area contributed by atoms with E-state index in [1.54, 1.807) is 17.2 Å². The third-order valence-corrected chi connectivity index (χ3v) is 2.27. The summed E-state index contributed by atoms with van der Waals surface area (Å²) < 4.78 is 0. The summed E-state index contributed by atoms with van der Waals surface area (Å²) >= 11 is 0. The minimum Gasteiger partial charge on any atom is -0.335 e. The van der Waals surface area contributed by atoms with Crippen molar-refractivity contribution in [3.05, 3.63) is 36.4 Å². The number of amides is 2. The number of fused-ring (bicyclic) bond motifs is 1. The molecule has 2 heterocycles. The van der Waals surface area contributed by atoms with E-state index in [4.69, 9.17) is 0 Å². The van der Waals surface area contributed by atoms with Crippen LogP contribution in [0, 0.1) is 0 Å². The van der Waals surface area contributed by atoms with E-state index in [1.807, 2.05) is 0 Å². The summed E-state index contributed by atoms with van der Waals surface area (Å²) in [5, 5.41) is 2.73. The van der Waals surface area contributed by atoms with Gasteiger partial charge >= 0.3 is 6.03 Å².